The number of hydrogen-bond acceptors (Lipinski definition) is 6. The number of phosphoric ester groups is 1. The molecule has 0 fully saturated rings. The number of carbonyl (C=O) groups excluding carboxylic acids is 1. The quantitative estimate of drug-likeness (QED) is 0.0272. The van der Waals surface area contributed by atoms with Gasteiger partial charge in [-0.05, 0) is 32.1 Å². The average molecular weight is 1110 g/mol. The Morgan fingerprint density at radius 2 is 0.727 bits per heavy atom. The van der Waals surface area contributed by atoms with Gasteiger partial charge in [-0.25, -0.2) is 0 Å². The van der Waals surface area contributed by atoms with Crippen LogP contribution in [0.4, 0.5) is 0 Å². The zero-order valence-corrected chi connectivity index (χ0v) is 53.3. The molecular formula is C68H135N2O6P. The maximum atomic E-state index is 13.0. The van der Waals surface area contributed by atoms with E-state index in [1.165, 1.54) is 295 Å². The second-order valence-corrected chi connectivity index (χ2v) is 26.3. The van der Waals surface area contributed by atoms with Gasteiger partial charge in [-0.2, -0.15) is 0 Å². The van der Waals surface area contributed by atoms with Crippen LogP contribution in [0.15, 0.2) is 24.3 Å². The van der Waals surface area contributed by atoms with Gasteiger partial charge < -0.3 is 28.8 Å². The predicted molar refractivity (Wildman–Crippen MR) is 335 cm³/mol. The number of rotatable bonds is 64. The number of carbonyl (C=O) groups is 1. The first kappa shape index (κ1) is 76.0. The summed E-state index contributed by atoms with van der Waals surface area (Å²) in [6.45, 7) is 4.69. The van der Waals surface area contributed by atoms with Crippen LogP contribution in [0.5, 0.6) is 0 Å². The van der Waals surface area contributed by atoms with E-state index in [0.717, 1.165) is 38.5 Å². The number of unbranched alkanes of at least 4 members (excludes halogenated alkanes) is 49. The van der Waals surface area contributed by atoms with E-state index in [1.807, 2.05) is 27.2 Å². The van der Waals surface area contributed by atoms with Gasteiger partial charge in [0.25, 0.3) is 7.82 Å². The minimum Gasteiger partial charge on any atom is -0.756 e. The average Bonchev–Trinajstić information content (AvgIpc) is 3.39. The van der Waals surface area contributed by atoms with Crippen molar-refractivity contribution >= 4 is 13.7 Å². The van der Waals surface area contributed by atoms with Crippen molar-refractivity contribution in [1.82, 2.24) is 5.32 Å². The zero-order valence-electron chi connectivity index (χ0n) is 52.4. The molecule has 0 rings (SSSR count). The lowest BCUT2D eigenvalue weighted by atomic mass is 10.0. The van der Waals surface area contributed by atoms with Gasteiger partial charge in [0, 0.05) is 6.42 Å². The van der Waals surface area contributed by atoms with E-state index in [4.69, 9.17) is 9.05 Å². The van der Waals surface area contributed by atoms with Crippen LogP contribution in [0.3, 0.4) is 0 Å². The van der Waals surface area contributed by atoms with Gasteiger partial charge in [0.05, 0.1) is 39.9 Å². The highest BCUT2D eigenvalue weighted by molar-refractivity contribution is 7.45. The van der Waals surface area contributed by atoms with E-state index in [9.17, 15) is 19.4 Å². The van der Waals surface area contributed by atoms with Crippen LogP contribution in [0.1, 0.15) is 354 Å². The predicted octanol–water partition coefficient (Wildman–Crippen LogP) is 20.9. The van der Waals surface area contributed by atoms with Gasteiger partial charge >= 0.3 is 0 Å². The molecule has 3 atom stereocenters. The number of nitrogens with one attached hydrogen (secondary N) is 1. The summed E-state index contributed by atoms with van der Waals surface area (Å²) in [6.07, 6.45) is 77.4. The standard InChI is InChI=1S/C68H135N2O6P/c1-6-8-10-12-14-16-18-20-22-24-26-28-29-30-31-32-33-34-35-36-37-38-39-40-41-42-44-46-48-50-52-54-56-58-60-62-68(72)69-66(65-76-77(73,74)75-64-63-70(3,4)5)67(71)61-59-57-55-53-51-49-47-45-43-27-25-23-21-19-17-15-13-11-9-7-2/h51,53,59,61,66-67,71H,6-50,52,54-58,60,62-65H2,1-5H3,(H-,69,72,73,74)/b53-51+,61-59+. The van der Waals surface area contributed by atoms with E-state index in [2.05, 4.69) is 31.3 Å². The van der Waals surface area contributed by atoms with Crippen LogP contribution in [0, 0.1) is 0 Å². The lowest BCUT2D eigenvalue weighted by Crippen LogP contribution is -2.45. The van der Waals surface area contributed by atoms with Crippen LogP contribution >= 0.6 is 7.82 Å². The first-order valence-corrected chi connectivity index (χ1v) is 35.7. The summed E-state index contributed by atoms with van der Waals surface area (Å²) in [6, 6.07) is -0.901. The smallest absolute Gasteiger partial charge is 0.268 e. The van der Waals surface area contributed by atoms with Crippen molar-refractivity contribution in [2.75, 3.05) is 40.9 Å². The summed E-state index contributed by atoms with van der Waals surface area (Å²) in [7, 11) is 1.26. The fraction of sp³-hybridized carbons (Fsp3) is 0.926. The molecule has 0 aromatic heterocycles. The maximum Gasteiger partial charge on any atom is 0.268 e. The molecule has 8 nitrogen and oxygen atoms in total. The van der Waals surface area contributed by atoms with E-state index in [-0.39, 0.29) is 19.1 Å². The lowest BCUT2D eigenvalue weighted by molar-refractivity contribution is -0.870. The highest BCUT2D eigenvalue weighted by atomic mass is 31.2. The van der Waals surface area contributed by atoms with Crippen molar-refractivity contribution in [2.45, 2.75) is 366 Å². The molecule has 0 aliphatic carbocycles. The van der Waals surface area contributed by atoms with Crippen LogP contribution < -0.4 is 10.2 Å². The third kappa shape index (κ3) is 62.4. The van der Waals surface area contributed by atoms with E-state index >= 15 is 0 Å². The van der Waals surface area contributed by atoms with Gasteiger partial charge in [0.2, 0.25) is 5.91 Å². The number of allylic oxidation sites excluding steroid dienone is 3. The summed E-state index contributed by atoms with van der Waals surface area (Å²) >= 11 is 0. The number of phosphoric acid groups is 1. The summed E-state index contributed by atoms with van der Waals surface area (Å²) in [5.74, 6) is -0.199. The number of likely N-dealkylation sites (N-methyl/N-ethyl adjacent to an activating group) is 1. The van der Waals surface area contributed by atoms with Crippen molar-refractivity contribution in [3.63, 3.8) is 0 Å². The number of aliphatic hydroxyl groups is 1. The molecule has 0 saturated carbocycles. The van der Waals surface area contributed by atoms with Crippen LogP contribution in [0.25, 0.3) is 0 Å². The molecule has 458 valence electrons. The van der Waals surface area contributed by atoms with Gasteiger partial charge in [-0.1, -0.05) is 340 Å². The van der Waals surface area contributed by atoms with Crippen molar-refractivity contribution in [3.8, 4) is 0 Å². The Morgan fingerprint density at radius 1 is 0.442 bits per heavy atom. The van der Waals surface area contributed by atoms with Crippen LogP contribution in [-0.4, -0.2) is 68.5 Å². The highest BCUT2D eigenvalue weighted by Gasteiger charge is 2.23. The molecule has 0 radical (unpaired) electrons. The third-order valence-corrected chi connectivity index (χ3v) is 16.9. The van der Waals surface area contributed by atoms with E-state index in [0.29, 0.717) is 17.4 Å². The molecule has 0 aliphatic rings. The highest BCUT2D eigenvalue weighted by Crippen LogP contribution is 2.38. The first-order chi connectivity index (χ1) is 37.5. The SMILES string of the molecule is CCCCCCCCCCCCCCCC/C=C/CC/C=C/C(O)C(COP(=O)([O-])OCC[N+](C)(C)C)NC(=O)CCCCCCCCCCCCCCCCCCCCCCCCCCCCCCCCCCCCC. The molecule has 0 spiro atoms. The molecule has 9 heteroatoms. The monoisotopic (exact) mass is 1110 g/mol. The molecule has 0 bridgehead atoms. The second-order valence-electron chi connectivity index (χ2n) is 24.9. The zero-order chi connectivity index (χ0) is 56.3. The van der Waals surface area contributed by atoms with Crippen LogP contribution in [-0.2, 0) is 18.4 Å². The molecule has 0 aromatic rings. The molecule has 0 heterocycles. The van der Waals surface area contributed by atoms with Crippen molar-refractivity contribution < 1.29 is 32.9 Å². The third-order valence-electron chi connectivity index (χ3n) is 15.9. The van der Waals surface area contributed by atoms with E-state index in [1.54, 1.807) is 6.08 Å². The Labute approximate surface area is 481 Å². The Morgan fingerprint density at radius 3 is 1.05 bits per heavy atom. The molecule has 77 heavy (non-hydrogen) atoms. The van der Waals surface area contributed by atoms with Crippen molar-refractivity contribution in [2.24, 2.45) is 0 Å². The lowest BCUT2D eigenvalue weighted by Gasteiger charge is -2.29. The number of amides is 1. The molecule has 0 aromatic carbocycles. The van der Waals surface area contributed by atoms with Gasteiger partial charge in [0.15, 0.2) is 0 Å². The van der Waals surface area contributed by atoms with Crippen LogP contribution in [0.2, 0.25) is 0 Å². The fourth-order valence-corrected chi connectivity index (χ4v) is 11.3. The summed E-state index contributed by atoms with van der Waals surface area (Å²) < 4.78 is 23.4. The molecule has 2 N–H and O–H groups in total. The number of quaternary nitrogens is 1. The minimum absolute atomic E-state index is 0.00354. The summed E-state index contributed by atoms with van der Waals surface area (Å²) in [5.41, 5.74) is 0. The summed E-state index contributed by atoms with van der Waals surface area (Å²) in [5, 5.41) is 13.9. The molecule has 1 amide bonds. The topological polar surface area (TPSA) is 108 Å². The maximum absolute atomic E-state index is 13.0. The largest absolute Gasteiger partial charge is 0.756 e. The number of nitrogens with zero attached hydrogens (tertiary/aromatic N) is 1. The summed E-state index contributed by atoms with van der Waals surface area (Å²) in [4.78, 5) is 25.6. The van der Waals surface area contributed by atoms with E-state index < -0.39 is 20.0 Å². The van der Waals surface area contributed by atoms with Gasteiger partial charge in [-0.15, -0.1) is 0 Å². The van der Waals surface area contributed by atoms with Gasteiger partial charge in [-0.3, -0.25) is 9.36 Å². The molecule has 3 unspecified atom stereocenters. The Kier molecular flexibility index (Phi) is 58.8. The van der Waals surface area contributed by atoms with Crippen molar-refractivity contribution in [3.05, 3.63) is 24.3 Å². The van der Waals surface area contributed by atoms with Crippen molar-refractivity contribution in [1.29, 1.82) is 0 Å². The number of hydrogen-bond donors (Lipinski definition) is 2. The Hall–Kier alpha value is -1.02. The Balaban J connectivity index is 3.99. The molecular weight excluding hydrogens is 972 g/mol. The second kappa shape index (κ2) is 59.6. The molecule has 0 saturated heterocycles. The Bertz CT molecular complexity index is 1300. The normalized spacial score (nSPS) is 13.8. The fourth-order valence-electron chi connectivity index (χ4n) is 10.6. The number of aliphatic hydroxyl groups excluding tert-OH is 1. The molecule has 0 aliphatic heterocycles. The first-order valence-electron chi connectivity index (χ1n) is 34.2. The van der Waals surface area contributed by atoms with Gasteiger partial charge in [0.1, 0.15) is 13.2 Å². The minimum atomic E-state index is -4.61.